The van der Waals surface area contributed by atoms with Crippen LogP contribution in [0.4, 0.5) is 0 Å². The first-order chi connectivity index (χ1) is 7.27. The number of hydrogen-bond acceptors (Lipinski definition) is 5. The second kappa shape index (κ2) is 3.91. The fourth-order valence-electron chi connectivity index (χ4n) is 1.15. The molecule has 0 aliphatic carbocycles. The zero-order chi connectivity index (χ0) is 10.7. The number of carbonyl (C=O) groups excluding carboxylic acids is 1. The van der Waals surface area contributed by atoms with E-state index in [1.54, 1.807) is 19.2 Å². The zero-order valence-corrected chi connectivity index (χ0v) is 8.08. The second-order valence-electron chi connectivity index (χ2n) is 2.95. The number of nitrogens with zero attached hydrogens (tertiary/aromatic N) is 4. The lowest BCUT2D eigenvalue weighted by Gasteiger charge is -1.99. The SMILES string of the molecule is Cc1nccc(C(=O)c2cncnc2)n1. The summed E-state index contributed by atoms with van der Waals surface area (Å²) in [7, 11) is 0. The molecular weight excluding hydrogens is 192 g/mol. The topological polar surface area (TPSA) is 68.6 Å². The molecule has 0 fully saturated rings. The summed E-state index contributed by atoms with van der Waals surface area (Å²) in [4.78, 5) is 27.3. The molecule has 0 aliphatic rings. The molecule has 0 saturated carbocycles. The van der Waals surface area contributed by atoms with Gasteiger partial charge in [-0.3, -0.25) is 4.79 Å². The quantitative estimate of drug-likeness (QED) is 0.671. The molecule has 0 aromatic carbocycles. The largest absolute Gasteiger partial charge is 0.287 e. The lowest BCUT2D eigenvalue weighted by Crippen LogP contribution is -2.06. The number of aromatic nitrogens is 4. The van der Waals surface area contributed by atoms with Crippen molar-refractivity contribution in [1.82, 2.24) is 19.9 Å². The predicted octanol–water partition coefficient (Wildman–Crippen LogP) is 0.806. The molecule has 0 spiro atoms. The summed E-state index contributed by atoms with van der Waals surface area (Å²) in [6.07, 6.45) is 5.86. The van der Waals surface area contributed by atoms with Gasteiger partial charge < -0.3 is 0 Å². The van der Waals surface area contributed by atoms with Crippen molar-refractivity contribution in [3.8, 4) is 0 Å². The minimum absolute atomic E-state index is 0.193. The van der Waals surface area contributed by atoms with Gasteiger partial charge in [-0.05, 0) is 13.0 Å². The van der Waals surface area contributed by atoms with Gasteiger partial charge in [0.1, 0.15) is 17.8 Å². The standard InChI is InChI=1S/C10H8N4O/c1-7-13-3-2-9(14-7)10(15)8-4-11-6-12-5-8/h2-6H,1H3. The van der Waals surface area contributed by atoms with Gasteiger partial charge in [0.05, 0.1) is 5.56 Å². The highest BCUT2D eigenvalue weighted by Gasteiger charge is 2.10. The first kappa shape index (κ1) is 9.39. The summed E-state index contributed by atoms with van der Waals surface area (Å²) in [5.41, 5.74) is 0.785. The summed E-state index contributed by atoms with van der Waals surface area (Å²) in [5, 5.41) is 0. The normalized spacial score (nSPS) is 9.93. The Morgan fingerprint density at radius 1 is 1.27 bits per heavy atom. The Balaban J connectivity index is 2.37. The number of carbonyl (C=O) groups is 1. The molecule has 0 aliphatic heterocycles. The van der Waals surface area contributed by atoms with Crippen molar-refractivity contribution < 1.29 is 4.79 Å². The summed E-state index contributed by atoms with van der Waals surface area (Å²) >= 11 is 0. The fourth-order valence-corrected chi connectivity index (χ4v) is 1.15. The van der Waals surface area contributed by atoms with Crippen molar-refractivity contribution in [2.24, 2.45) is 0 Å². The Morgan fingerprint density at radius 2 is 2.00 bits per heavy atom. The molecule has 0 bridgehead atoms. The van der Waals surface area contributed by atoms with Crippen LogP contribution in [0.2, 0.25) is 0 Å². The third-order valence-corrected chi connectivity index (χ3v) is 1.83. The van der Waals surface area contributed by atoms with E-state index in [0.717, 1.165) is 0 Å². The molecule has 0 saturated heterocycles. The van der Waals surface area contributed by atoms with Gasteiger partial charge >= 0.3 is 0 Å². The Labute approximate surface area is 86.3 Å². The van der Waals surface area contributed by atoms with Crippen LogP contribution in [0.3, 0.4) is 0 Å². The maximum absolute atomic E-state index is 11.8. The Hall–Kier alpha value is -2.17. The third kappa shape index (κ3) is 2.01. The fraction of sp³-hybridized carbons (Fsp3) is 0.100. The molecular formula is C10H8N4O. The van der Waals surface area contributed by atoms with Crippen LogP contribution in [0, 0.1) is 6.92 Å². The molecule has 5 nitrogen and oxygen atoms in total. The molecule has 2 rings (SSSR count). The number of rotatable bonds is 2. The average Bonchev–Trinajstić information content (AvgIpc) is 2.29. The van der Waals surface area contributed by atoms with Gasteiger partial charge in [0.15, 0.2) is 0 Å². The lowest BCUT2D eigenvalue weighted by molar-refractivity contribution is 0.103. The van der Waals surface area contributed by atoms with Gasteiger partial charge in [-0.1, -0.05) is 0 Å². The van der Waals surface area contributed by atoms with E-state index in [1.165, 1.54) is 18.7 Å². The van der Waals surface area contributed by atoms with Gasteiger partial charge in [-0.25, -0.2) is 19.9 Å². The molecule has 0 unspecified atom stereocenters. The molecule has 0 amide bonds. The van der Waals surface area contributed by atoms with Crippen LogP contribution in [0.5, 0.6) is 0 Å². The molecule has 5 heteroatoms. The number of ketones is 1. The number of hydrogen-bond donors (Lipinski definition) is 0. The van der Waals surface area contributed by atoms with Crippen molar-refractivity contribution in [2.75, 3.05) is 0 Å². The van der Waals surface area contributed by atoms with Crippen molar-refractivity contribution in [3.05, 3.63) is 48.1 Å². The first-order valence-electron chi connectivity index (χ1n) is 4.37. The van der Waals surface area contributed by atoms with Gasteiger partial charge in [-0.2, -0.15) is 0 Å². The van der Waals surface area contributed by atoms with Gasteiger partial charge in [0.2, 0.25) is 5.78 Å². The summed E-state index contributed by atoms with van der Waals surface area (Å²) < 4.78 is 0. The molecule has 2 aromatic heterocycles. The molecule has 74 valence electrons. The van der Waals surface area contributed by atoms with Crippen molar-refractivity contribution in [2.45, 2.75) is 6.92 Å². The van der Waals surface area contributed by atoms with E-state index >= 15 is 0 Å². The monoisotopic (exact) mass is 200 g/mol. The van der Waals surface area contributed by atoms with E-state index in [1.807, 2.05) is 0 Å². The van der Waals surface area contributed by atoms with Crippen molar-refractivity contribution in [3.63, 3.8) is 0 Å². The van der Waals surface area contributed by atoms with Gasteiger partial charge in [0, 0.05) is 18.6 Å². The van der Waals surface area contributed by atoms with E-state index in [4.69, 9.17) is 0 Å². The van der Waals surface area contributed by atoms with E-state index in [9.17, 15) is 4.79 Å². The lowest BCUT2D eigenvalue weighted by atomic mass is 10.1. The van der Waals surface area contributed by atoms with E-state index < -0.39 is 0 Å². The van der Waals surface area contributed by atoms with Crippen LogP contribution in [0.1, 0.15) is 21.9 Å². The summed E-state index contributed by atoms with van der Waals surface area (Å²) in [6, 6.07) is 1.57. The van der Waals surface area contributed by atoms with Gasteiger partial charge in [-0.15, -0.1) is 0 Å². The molecule has 2 heterocycles. The summed E-state index contributed by atoms with van der Waals surface area (Å²) in [6.45, 7) is 1.73. The minimum Gasteiger partial charge on any atom is -0.287 e. The zero-order valence-electron chi connectivity index (χ0n) is 8.08. The van der Waals surface area contributed by atoms with E-state index in [-0.39, 0.29) is 5.78 Å². The third-order valence-electron chi connectivity index (χ3n) is 1.83. The van der Waals surface area contributed by atoms with Crippen LogP contribution in [-0.4, -0.2) is 25.7 Å². The Bertz CT molecular complexity index is 484. The Kier molecular flexibility index (Phi) is 2.45. The highest BCUT2D eigenvalue weighted by atomic mass is 16.1. The highest BCUT2D eigenvalue weighted by molar-refractivity contribution is 6.07. The first-order valence-corrected chi connectivity index (χ1v) is 4.37. The van der Waals surface area contributed by atoms with Crippen LogP contribution in [0.15, 0.2) is 31.0 Å². The Morgan fingerprint density at radius 3 is 2.67 bits per heavy atom. The van der Waals surface area contributed by atoms with Gasteiger partial charge in [0.25, 0.3) is 0 Å². The van der Waals surface area contributed by atoms with Crippen LogP contribution < -0.4 is 0 Å². The summed E-state index contributed by atoms with van der Waals surface area (Å²) in [5.74, 6) is 0.374. The second-order valence-corrected chi connectivity index (χ2v) is 2.95. The molecule has 0 N–H and O–H groups in total. The molecule has 2 aromatic rings. The molecule has 0 atom stereocenters. The average molecular weight is 200 g/mol. The van der Waals surface area contributed by atoms with Crippen molar-refractivity contribution in [1.29, 1.82) is 0 Å². The maximum atomic E-state index is 11.8. The molecule has 15 heavy (non-hydrogen) atoms. The predicted molar refractivity (Wildman–Crippen MR) is 52.2 cm³/mol. The number of aryl methyl sites for hydroxylation is 1. The van der Waals surface area contributed by atoms with Crippen LogP contribution >= 0.6 is 0 Å². The van der Waals surface area contributed by atoms with Crippen LogP contribution in [-0.2, 0) is 0 Å². The van der Waals surface area contributed by atoms with E-state index in [2.05, 4.69) is 19.9 Å². The van der Waals surface area contributed by atoms with Crippen molar-refractivity contribution >= 4 is 5.78 Å². The minimum atomic E-state index is -0.193. The maximum Gasteiger partial charge on any atom is 0.214 e. The molecule has 0 radical (unpaired) electrons. The smallest absolute Gasteiger partial charge is 0.214 e. The van der Waals surface area contributed by atoms with Crippen LogP contribution in [0.25, 0.3) is 0 Å². The highest BCUT2D eigenvalue weighted by Crippen LogP contribution is 2.04. The van der Waals surface area contributed by atoms with E-state index in [0.29, 0.717) is 17.1 Å².